The van der Waals surface area contributed by atoms with Crippen molar-refractivity contribution < 1.29 is 63.1 Å². The lowest BCUT2D eigenvalue weighted by Crippen LogP contribution is -2.64. The average Bonchev–Trinajstić information content (AvgIpc) is 3.35. The summed E-state index contributed by atoms with van der Waals surface area (Å²) in [5.41, 5.74) is 0. The summed E-state index contributed by atoms with van der Waals surface area (Å²) in [5.74, 6) is -1.12. The summed E-state index contributed by atoms with van der Waals surface area (Å²) in [6.07, 6.45) is 41.3. The van der Waals surface area contributed by atoms with Crippen LogP contribution in [0.15, 0.2) is 12.2 Å². The number of hydrogen-bond acceptors (Lipinski definition) is 12. The molecule has 0 aliphatic heterocycles. The minimum atomic E-state index is -5.13. The van der Waals surface area contributed by atoms with Crippen molar-refractivity contribution >= 4 is 19.8 Å². The molecule has 14 heteroatoms. The Kier molecular flexibility index (Phi) is 44.8. The van der Waals surface area contributed by atoms with E-state index < -0.39 is 75.7 Å². The minimum Gasteiger partial charge on any atom is -0.462 e. The van der Waals surface area contributed by atoms with Crippen molar-refractivity contribution in [2.45, 2.75) is 326 Å². The number of rotatable bonds is 51. The average molecular weight is 1030 g/mol. The van der Waals surface area contributed by atoms with Crippen LogP contribution in [0.3, 0.4) is 0 Å². The number of carbonyl (C=O) groups excluding carboxylic acids is 2. The lowest BCUT2D eigenvalue weighted by Gasteiger charge is -2.41. The topological polar surface area (TPSA) is 210 Å². The molecule has 1 aliphatic carbocycles. The first-order valence-electron chi connectivity index (χ1n) is 29.5. The van der Waals surface area contributed by atoms with Crippen LogP contribution in [-0.2, 0) is 32.7 Å². The summed E-state index contributed by atoms with van der Waals surface area (Å²) in [6, 6.07) is 0. The first-order valence-corrected chi connectivity index (χ1v) is 31.0. The number of aliphatic hydroxyl groups is 5. The van der Waals surface area contributed by atoms with E-state index in [9.17, 15) is 44.6 Å². The third-order valence-electron chi connectivity index (χ3n) is 14.1. The van der Waals surface area contributed by atoms with Gasteiger partial charge in [-0.3, -0.25) is 18.6 Å². The Bertz CT molecular complexity index is 1290. The third-order valence-corrected chi connectivity index (χ3v) is 15.1. The SMILES string of the molecule is CCCCCCCCCCCCCCCCCCCC/C=C/CCCC(=O)O[C@H](COC(=O)CCCCCCCCCCCCCCCCCCCCC)COP(=O)(O)OC1C(O)C(O)C(O)[C@@H](O)C1O. The van der Waals surface area contributed by atoms with Crippen molar-refractivity contribution in [3.63, 3.8) is 0 Å². The van der Waals surface area contributed by atoms with Gasteiger partial charge >= 0.3 is 19.8 Å². The summed E-state index contributed by atoms with van der Waals surface area (Å²) in [5, 5.41) is 50.4. The number of hydrogen-bond donors (Lipinski definition) is 6. The van der Waals surface area contributed by atoms with Gasteiger partial charge in [0.05, 0.1) is 6.61 Å². The zero-order valence-electron chi connectivity index (χ0n) is 45.3. The third kappa shape index (κ3) is 38.8. The first kappa shape index (κ1) is 67.6. The van der Waals surface area contributed by atoms with Crippen LogP contribution in [0.4, 0.5) is 0 Å². The fourth-order valence-corrected chi connectivity index (χ4v) is 10.4. The van der Waals surface area contributed by atoms with Gasteiger partial charge in [0.1, 0.15) is 43.2 Å². The van der Waals surface area contributed by atoms with Gasteiger partial charge < -0.3 is 39.9 Å². The van der Waals surface area contributed by atoms with Crippen LogP contribution in [0.2, 0.25) is 0 Å². The molecule has 1 saturated carbocycles. The van der Waals surface area contributed by atoms with Gasteiger partial charge in [-0.15, -0.1) is 0 Å². The van der Waals surface area contributed by atoms with E-state index >= 15 is 0 Å². The highest BCUT2D eigenvalue weighted by atomic mass is 31.2. The van der Waals surface area contributed by atoms with E-state index in [1.54, 1.807) is 0 Å². The Hall–Kier alpha value is -1.41. The second-order valence-corrected chi connectivity index (χ2v) is 22.3. The summed E-state index contributed by atoms with van der Waals surface area (Å²) >= 11 is 0. The maximum atomic E-state index is 12.9. The molecule has 0 aromatic carbocycles. The summed E-state index contributed by atoms with van der Waals surface area (Å²) in [4.78, 5) is 35.9. The molecule has 0 radical (unpaired) electrons. The highest BCUT2D eigenvalue weighted by Crippen LogP contribution is 2.47. The van der Waals surface area contributed by atoms with E-state index in [2.05, 4.69) is 26.0 Å². The van der Waals surface area contributed by atoms with Crippen LogP contribution < -0.4 is 0 Å². The van der Waals surface area contributed by atoms with Crippen molar-refractivity contribution in [1.82, 2.24) is 0 Å². The van der Waals surface area contributed by atoms with Crippen molar-refractivity contribution in [2.24, 2.45) is 0 Å². The molecule has 1 rings (SSSR count). The Labute approximate surface area is 433 Å². The Morgan fingerprint density at radius 1 is 0.423 bits per heavy atom. The number of phosphoric acid groups is 1. The van der Waals surface area contributed by atoms with E-state index in [0.29, 0.717) is 19.3 Å². The van der Waals surface area contributed by atoms with E-state index in [0.717, 1.165) is 32.1 Å². The monoisotopic (exact) mass is 1030 g/mol. The highest BCUT2D eigenvalue weighted by molar-refractivity contribution is 7.47. The molecular formula is C57H109O13P. The second-order valence-electron chi connectivity index (χ2n) is 20.9. The zero-order valence-corrected chi connectivity index (χ0v) is 46.2. The van der Waals surface area contributed by atoms with Gasteiger partial charge in [0.25, 0.3) is 0 Å². The van der Waals surface area contributed by atoms with Gasteiger partial charge in [0, 0.05) is 12.8 Å². The predicted molar refractivity (Wildman–Crippen MR) is 286 cm³/mol. The lowest BCUT2D eigenvalue weighted by molar-refractivity contribution is -0.220. The van der Waals surface area contributed by atoms with E-state index in [1.165, 1.54) is 205 Å². The molecule has 0 aromatic heterocycles. The molecule has 0 spiro atoms. The summed E-state index contributed by atoms with van der Waals surface area (Å²) in [7, 11) is -5.13. The minimum absolute atomic E-state index is 0.0547. The van der Waals surface area contributed by atoms with E-state index in [-0.39, 0.29) is 12.8 Å². The van der Waals surface area contributed by atoms with Gasteiger partial charge in [-0.1, -0.05) is 251 Å². The lowest BCUT2D eigenvalue weighted by atomic mass is 9.85. The van der Waals surface area contributed by atoms with Crippen molar-refractivity contribution in [3.8, 4) is 0 Å². The molecule has 0 aromatic rings. The number of esters is 2. The van der Waals surface area contributed by atoms with Crippen LogP contribution in [0, 0.1) is 0 Å². The van der Waals surface area contributed by atoms with Crippen LogP contribution in [0.25, 0.3) is 0 Å². The molecule has 6 N–H and O–H groups in total. The molecule has 1 aliphatic rings. The molecule has 420 valence electrons. The molecule has 71 heavy (non-hydrogen) atoms. The summed E-state index contributed by atoms with van der Waals surface area (Å²) in [6.45, 7) is 3.35. The zero-order chi connectivity index (χ0) is 52.1. The molecule has 8 atom stereocenters. The van der Waals surface area contributed by atoms with Gasteiger partial charge in [-0.05, 0) is 32.1 Å². The van der Waals surface area contributed by atoms with Crippen molar-refractivity contribution in [3.05, 3.63) is 12.2 Å². The molecular weight excluding hydrogens is 924 g/mol. The normalized spacial score (nSPS) is 20.6. The maximum Gasteiger partial charge on any atom is 0.472 e. The van der Waals surface area contributed by atoms with Gasteiger partial charge in [0.2, 0.25) is 0 Å². The fraction of sp³-hybridized carbons (Fsp3) is 0.930. The molecule has 13 nitrogen and oxygen atoms in total. The van der Waals surface area contributed by atoms with Crippen LogP contribution in [-0.4, -0.2) is 98.3 Å². The van der Waals surface area contributed by atoms with Crippen LogP contribution >= 0.6 is 7.82 Å². The quantitative estimate of drug-likeness (QED) is 0.0145. The predicted octanol–water partition coefficient (Wildman–Crippen LogP) is 13.7. The highest BCUT2D eigenvalue weighted by Gasteiger charge is 2.51. The number of unbranched alkanes of at least 4 members (excludes halogenated alkanes) is 37. The number of carbonyl (C=O) groups is 2. The standard InChI is InChI=1S/C57H109O13P/c1-3-5-7-9-11-13-15-17-19-21-23-24-25-26-28-30-32-34-36-38-40-42-44-46-51(59)69-49(48-68-71(65,66)70-57-55(63)53(61)52(60)54(62)56(57)64)47-67-50(58)45-43-41-39-37-35-33-31-29-27-22-20-18-16-14-12-10-8-6-4-2/h38,40,49,52-57,60-64H,3-37,39,41-48H2,1-2H3,(H,65,66)/b40-38+/t49-,52?,53-,54?,55?,56?,57?/m1/s1. The maximum absolute atomic E-state index is 12.9. The fourth-order valence-electron chi connectivity index (χ4n) is 9.41. The second kappa shape index (κ2) is 47.1. The van der Waals surface area contributed by atoms with Crippen molar-refractivity contribution in [1.29, 1.82) is 0 Å². The first-order chi connectivity index (χ1) is 34.4. The molecule has 0 bridgehead atoms. The number of allylic oxidation sites excluding steroid dienone is 2. The van der Waals surface area contributed by atoms with Gasteiger partial charge in [-0.2, -0.15) is 0 Å². The van der Waals surface area contributed by atoms with Gasteiger partial charge in [-0.25, -0.2) is 4.57 Å². The largest absolute Gasteiger partial charge is 0.472 e. The Morgan fingerprint density at radius 2 is 0.732 bits per heavy atom. The van der Waals surface area contributed by atoms with Gasteiger partial charge in [0.15, 0.2) is 6.10 Å². The van der Waals surface area contributed by atoms with Crippen LogP contribution in [0.1, 0.15) is 284 Å². The number of aliphatic hydroxyl groups excluding tert-OH is 5. The summed E-state index contributed by atoms with van der Waals surface area (Å²) < 4.78 is 33.7. The molecule has 0 saturated heterocycles. The van der Waals surface area contributed by atoms with E-state index in [4.69, 9.17) is 18.5 Å². The molecule has 6 unspecified atom stereocenters. The molecule has 1 fully saturated rings. The number of ether oxygens (including phenoxy) is 2. The van der Waals surface area contributed by atoms with E-state index in [1.807, 2.05) is 0 Å². The van der Waals surface area contributed by atoms with Crippen LogP contribution in [0.5, 0.6) is 0 Å². The molecule has 0 heterocycles. The molecule has 0 amide bonds. The smallest absolute Gasteiger partial charge is 0.462 e. The Morgan fingerprint density at radius 3 is 1.11 bits per heavy atom. The van der Waals surface area contributed by atoms with Crippen molar-refractivity contribution in [2.75, 3.05) is 13.2 Å². The number of phosphoric ester groups is 1. The Balaban J connectivity index is 2.33.